The van der Waals surface area contributed by atoms with Gasteiger partial charge in [-0.05, 0) is 18.2 Å². The Balaban J connectivity index is 1.34. The molecule has 1 aromatic carbocycles. The molecule has 4 rings (SSSR count). The van der Waals surface area contributed by atoms with E-state index in [4.69, 9.17) is 4.42 Å². The summed E-state index contributed by atoms with van der Waals surface area (Å²) in [5.41, 5.74) is 1.96. The molecule has 0 aliphatic carbocycles. The van der Waals surface area contributed by atoms with Crippen molar-refractivity contribution < 1.29 is 9.21 Å². The van der Waals surface area contributed by atoms with E-state index in [2.05, 4.69) is 15.4 Å². The van der Waals surface area contributed by atoms with E-state index in [9.17, 15) is 9.59 Å². The SMILES string of the molecule is O=C(Cn1c(=O)oc2ccccc21)NCCc1csc(-n2cccn2)n1. The van der Waals surface area contributed by atoms with Gasteiger partial charge in [-0.1, -0.05) is 12.1 Å². The van der Waals surface area contributed by atoms with Gasteiger partial charge >= 0.3 is 5.76 Å². The summed E-state index contributed by atoms with van der Waals surface area (Å²) in [7, 11) is 0. The molecule has 0 fully saturated rings. The van der Waals surface area contributed by atoms with Crippen LogP contribution in [-0.4, -0.2) is 31.8 Å². The van der Waals surface area contributed by atoms with Crippen LogP contribution >= 0.6 is 11.3 Å². The molecule has 0 aliphatic rings. The summed E-state index contributed by atoms with van der Waals surface area (Å²) in [5, 5.41) is 9.67. The quantitative estimate of drug-likeness (QED) is 0.557. The van der Waals surface area contributed by atoms with Crippen LogP contribution in [-0.2, 0) is 17.8 Å². The first-order valence-electron chi connectivity index (χ1n) is 8.00. The van der Waals surface area contributed by atoms with Gasteiger partial charge in [0.1, 0.15) is 6.54 Å². The van der Waals surface area contributed by atoms with Crippen LogP contribution in [0.25, 0.3) is 16.2 Å². The average Bonchev–Trinajstić information content (AvgIpc) is 3.36. The van der Waals surface area contributed by atoms with Crippen LogP contribution in [0, 0.1) is 0 Å². The van der Waals surface area contributed by atoms with Crippen LogP contribution in [0.2, 0.25) is 0 Å². The van der Waals surface area contributed by atoms with E-state index in [1.54, 1.807) is 35.1 Å². The number of hydrogen-bond donors (Lipinski definition) is 1. The smallest absolute Gasteiger partial charge is 0.408 e. The van der Waals surface area contributed by atoms with Crippen molar-refractivity contribution in [1.82, 2.24) is 24.6 Å². The van der Waals surface area contributed by atoms with Gasteiger partial charge in [0.2, 0.25) is 11.0 Å². The van der Waals surface area contributed by atoms with E-state index in [-0.39, 0.29) is 12.5 Å². The van der Waals surface area contributed by atoms with Crippen molar-refractivity contribution in [2.24, 2.45) is 0 Å². The third kappa shape index (κ3) is 3.29. The summed E-state index contributed by atoms with van der Waals surface area (Å²) in [6.07, 6.45) is 4.13. The first-order chi connectivity index (χ1) is 12.7. The molecule has 0 saturated carbocycles. The molecule has 4 aromatic rings. The molecule has 0 bridgehead atoms. The Morgan fingerprint density at radius 2 is 2.15 bits per heavy atom. The summed E-state index contributed by atoms with van der Waals surface area (Å²) in [5.74, 6) is -0.786. The maximum atomic E-state index is 12.1. The lowest BCUT2D eigenvalue weighted by Gasteiger charge is -2.04. The number of carbonyl (C=O) groups excluding carboxylic acids is 1. The van der Waals surface area contributed by atoms with E-state index < -0.39 is 5.76 Å². The molecule has 9 heteroatoms. The van der Waals surface area contributed by atoms with Crippen molar-refractivity contribution in [3.05, 3.63) is 64.4 Å². The van der Waals surface area contributed by atoms with Crippen molar-refractivity contribution in [1.29, 1.82) is 0 Å². The Kier molecular flexibility index (Phi) is 4.36. The van der Waals surface area contributed by atoms with Gasteiger partial charge < -0.3 is 9.73 Å². The number of hydrogen-bond acceptors (Lipinski definition) is 6. The van der Waals surface area contributed by atoms with E-state index in [1.807, 2.05) is 17.6 Å². The van der Waals surface area contributed by atoms with Gasteiger partial charge in [-0.15, -0.1) is 11.3 Å². The van der Waals surface area contributed by atoms with E-state index >= 15 is 0 Å². The fraction of sp³-hybridized carbons (Fsp3) is 0.176. The number of oxazole rings is 1. The van der Waals surface area contributed by atoms with Gasteiger partial charge in [0.25, 0.3) is 0 Å². The zero-order valence-corrected chi connectivity index (χ0v) is 14.5. The van der Waals surface area contributed by atoms with Crippen LogP contribution in [0.3, 0.4) is 0 Å². The number of rotatable bonds is 6. The molecule has 132 valence electrons. The van der Waals surface area contributed by atoms with Crippen LogP contribution in [0.1, 0.15) is 5.69 Å². The van der Waals surface area contributed by atoms with E-state index in [1.165, 1.54) is 15.9 Å². The number of benzene rings is 1. The third-order valence-corrected chi connectivity index (χ3v) is 4.70. The highest BCUT2D eigenvalue weighted by Gasteiger charge is 2.12. The van der Waals surface area contributed by atoms with Crippen molar-refractivity contribution in [3.63, 3.8) is 0 Å². The van der Waals surface area contributed by atoms with Gasteiger partial charge in [-0.25, -0.2) is 14.5 Å². The minimum atomic E-state index is -0.537. The zero-order chi connectivity index (χ0) is 17.9. The molecule has 26 heavy (non-hydrogen) atoms. The lowest BCUT2D eigenvalue weighted by molar-refractivity contribution is -0.121. The number of thiazole rings is 1. The largest absolute Gasteiger partial charge is 0.420 e. The summed E-state index contributed by atoms with van der Waals surface area (Å²) in [6, 6.07) is 8.86. The van der Waals surface area contributed by atoms with Crippen molar-refractivity contribution in [3.8, 4) is 5.13 Å². The minimum absolute atomic E-state index is 0.0779. The topological polar surface area (TPSA) is 94.9 Å². The van der Waals surface area contributed by atoms with Crippen molar-refractivity contribution >= 4 is 28.3 Å². The Labute approximate surface area is 151 Å². The third-order valence-electron chi connectivity index (χ3n) is 3.82. The molecule has 0 spiro atoms. The molecule has 1 amide bonds. The Bertz CT molecular complexity index is 1090. The molecule has 1 N–H and O–H groups in total. The highest BCUT2D eigenvalue weighted by atomic mass is 32.1. The molecule has 3 heterocycles. The van der Waals surface area contributed by atoms with E-state index in [0.29, 0.717) is 24.1 Å². The number of amides is 1. The molecule has 3 aromatic heterocycles. The average molecular weight is 369 g/mol. The molecular formula is C17H15N5O3S. The van der Waals surface area contributed by atoms with Crippen LogP contribution < -0.4 is 11.1 Å². The highest BCUT2D eigenvalue weighted by molar-refractivity contribution is 7.12. The normalized spacial score (nSPS) is 11.1. The number of nitrogens with zero attached hydrogens (tertiary/aromatic N) is 4. The predicted octanol–water partition coefficient (Wildman–Crippen LogP) is 1.60. The maximum absolute atomic E-state index is 12.1. The Hall–Kier alpha value is -3.20. The highest BCUT2D eigenvalue weighted by Crippen LogP contribution is 2.14. The van der Waals surface area contributed by atoms with Gasteiger partial charge in [0.05, 0.1) is 11.2 Å². The Morgan fingerprint density at radius 1 is 1.27 bits per heavy atom. The first-order valence-corrected chi connectivity index (χ1v) is 8.88. The summed E-state index contributed by atoms with van der Waals surface area (Å²) < 4.78 is 8.14. The van der Waals surface area contributed by atoms with Gasteiger partial charge in [-0.2, -0.15) is 5.10 Å². The number of carbonyl (C=O) groups is 1. The van der Waals surface area contributed by atoms with Crippen LogP contribution in [0.15, 0.2) is 57.3 Å². The molecule has 0 unspecified atom stereocenters. The molecule has 8 nitrogen and oxygen atoms in total. The van der Waals surface area contributed by atoms with E-state index in [0.717, 1.165) is 10.8 Å². The predicted molar refractivity (Wildman–Crippen MR) is 96.4 cm³/mol. The van der Waals surface area contributed by atoms with Gasteiger partial charge in [0.15, 0.2) is 5.58 Å². The summed E-state index contributed by atoms with van der Waals surface area (Å²) in [6.45, 7) is 0.358. The second kappa shape index (κ2) is 6.96. The molecule has 0 aliphatic heterocycles. The van der Waals surface area contributed by atoms with Gasteiger partial charge in [-0.3, -0.25) is 9.36 Å². The zero-order valence-electron chi connectivity index (χ0n) is 13.7. The van der Waals surface area contributed by atoms with Crippen molar-refractivity contribution in [2.45, 2.75) is 13.0 Å². The standard InChI is InChI=1S/C17H15N5O3S/c23-15(10-21-13-4-1-2-5-14(13)25-17(21)24)18-8-6-12-11-26-16(20-12)22-9-3-7-19-22/h1-5,7,9,11H,6,8,10H2,(H,18,23). The minimum Gasteiger partial charge on any atom is -0.408 e. The summed E-state index contributed by atoms with van der Waals surface area (Å²) in [4.78, 5) is 28.5. The molecule has 0 atom stereocenters. The molecule has 0 saturated heterocycles. The molecular weight excluding hydrogens is 354 g/mol. The number of nitrogens with one attached hydrogen (secondary N) is 1. The number of fused-ring (bicyclic) bond motifs is 1. The number of aromatic nitrogens is 4. The summed E-state index contributed by atoms with van der Waals surface area (Å²) >= 11 is 1.49. The Morgan fingerprint density at radius 3 is 3.00 bits per heavy atom. The van der Waals surface area contributed by atoms with Crippen molar-refractivity contribution in [2.75, 3.05) is 6.54 Å². The lowest BCUT2D eigenvalue weighted by atomic mass is 10.3. The lowest BCUT2D eigenvalue weighted by Crippen LogP contribution is -2.32. The monoisotopic (exact) mass is 369 g/mol. The maximum Gasteiger partial charge on any atom is 0.420 e. The second-order valence-electron chi connectivity index (χ2n) is 5.59. The number of para-hydroxylation sites is 2. The fourth-order valence-corrected chi connectivity index (χ4v) is 3.39. The first kappa shape index (κ1) is 16.3. The van der Waals surface area contributed by atoms with Crippen LogP contribution in [0.4, 0.5) is 0 Å². The second-order valence-corrected chi connectivity index (χ2v) is 6.43. The van der Waals surface area contributed by atoms with Crippen LogP contribution in [0.5, 0.6) is 0 Å². The fourth-order valence-electron chi connectivity index (χ4n) is 2.59. The van der Waals surface area contributed by atoms with Gasteiger partial charge in [0, 0.05) is 30.7 Å². The molecule has 0 radical (unpaired) electrons.